The second-order valence-electron chi connectivity index (χ2n) is 5.94. The highest BCUT2D eigenvalue weighted by Gasteiger charge is 2.15. The highest BCUT2D eigenvalue weighted by molar-refractivity contribution is 7.12. The zero-order valence-corrected chi connectivity index (χ0v) is 12.2. The fraction of sp³-hybridized carbons (Fsp3) is 0.750. The first-order chi connectivity index (χ1) is 8.92. The van der Waals surface area contributed by atoms with Crippen LogP contribution in [0.1, 0.15) is 66.7 Å². The molecule has 1 fully saturated rings. The van der Waals surface area contributed by atoms with Crippen molar-refractivity contribution in [3.8, 4) is 0 Å². The van der Waals surface area contributed by atoms with Crippen LogP contribution in [0.2, 0.25) is 0 Å². The average Bonchev–Trinajstić information content (AvgIpc) is 2.68. The van der Waals surface area contributed by atoms with Gasteiger partial charge in [0, 0.05) is 22.3 Å². The third-order valence-electron chi connectivity index (χ3n) is 4.47. The zero-order valence-electron chi connectivity index (χ0n) is 11.3. The van der Waals surface area contributed by atoms with E-state index in [1.165, 1.54) is 64.2 Å². The summed E-state index contributed by atoms with van der Waals surface area (Å²) in [6.07, 6.45) is 14.0. The van der Waals surface area contributed by atoms with E-state index in [2.05, 4.69) is 22.7 Å². The van der Waals surface area contributed by atoms with Crippen molar-refractivity contribution in [2.24, 2.45) is 0 Å². The Hall–Kier alpha value is -0.340. The molecule has 0 atom stereocenters. The molecule has 18 heavy (non-hydrogen) atoms. The molecule has 1 aromatic heterocycles. The van der Waals surface area contributed by atoms with Crippen molar-refractivity contribution in [3.63, 3.8) is 0 Å². The van der Waals surface area contributed by atoms with Gasteiger partial charge in [-0.3, -0.25) is 0 Å². The fourth-order valence-electron chi connectivity index (χ4n) is 3.37. The van der Waals surface area contributed by atoms with E-state index in [0.29, 0.717) is 0 Å². The van der Waals surface area contributed by atoms with Crippen molar-refractivity contribution in [2.75, 3.05) is 0 Å². The Balaban J connectivity index is 1.56. The van der Waals surface area contributed by atoms with E-state index < -0.39 is 0 Å². The van der Waals surface area contributed by atoms with Gasteiger partial charge < -0.3 is 5.32 Å². The van der Waals surface area contributed by atoms with Crippen LogP contribution in [-0.4, -0.2) is 6.04 Å². The summed E-state index contributed by atoms with van der Waals surface area (Å²) in [7, 11) is 0. The van der Waals surface area contributed by atoms with Gasteiger partial charge in [0.25, 0.3) is 0 Å². The lowest BCUT2D eigenvalue weighted by atomic mass is 9.95. The predicted molar refractivity (Wildman–Crippen MR) is 79.3 cm³/mol. The van der Waals surface area contributed by atoms with Gasteiger partial charge in [0.15, 0.2) is 0 Å². The summed E-state index contributed by atoms with van der Waals surface area (Å²) in [6.45, 7) is 1.11. The quantitative estimate of drug-likeness (QED) is 0.795. The molecule has 0 radical (unpaired) electrons. The zero-order chi connectivity index (χ0) is 12.2. The molecule has 0 saturated heterocycles. The molecule has 100 valence electrons. The minimum Gasteiger partial charge on any atom is -0.309 e. The van der Waals surface area contributed by atoms with E-state index in [1.807, 2.05) is 0 Å². The van der Waals surface area contributed by atoms with E-state index in [1.54, 1.807) is 15.3 Å². The molecule has 0 spiro atoms. The lowest BCUT2D eigenvalue weighted by molar-refractivity contribution is 0.373. The van der Waals surface area contributed by atoms with Crippen LogP contribution in [0, 0.1) is 0 Å². The number of fused-ring (bicyclic) bond motifs is 1. The minimum absolute atomic E-state index is 0.792. The molecule has 1 saturated carbocycles. The largest absolute Gasteiger partial charge is 0.309 e. The number of thiophene rings is 1. The first kappa shape index (κ1) is 12.7. The first-order valence-electron chi connectivity index (χ1n) is 7.75. The molecule has 2 aliphatic rings. The second kappa shape index (κ2) is 6.21. The van der Waals surface area contributed by atoms with Gasteiger partial charge in [0.1, 0.15) is 0 Å². The van der Waals surface area contributed by atoms with Crippen LogP contribution in [0.4, 0.5) is 0 Å². The lowest BCUT2D eigenvalue weighted by Crippen LogP contribution is -2.30. The van der Waals surface area contributed by atoms with Gasteiger partial charge in [-0.2, -0.15) is 0 Å². The number of nitrogens with one attached hydrogen (secondary N) is 1. The number of hydrogen-bond donors (Lipinski definition) is 1. The maximum atomic E-state index is 3.77. The average molecular weight is 263 g/mol. The molecular formula is C16H25NS. The van der Waals surface area contributed by atoms with Crippen molar-refractivity contribution >= 4 is 11.3 Å². The summed E-state index contributed by atoms with van der Waals surface area (Å²) in [5.74, 6) is 0. The Bertz CT molecular complexity index is 353. The van der Waals surface area contributed by atoms with E-state index in [0.717, 1.165) is 12.6 Å². The fourth-order valence-corrected chi connectivity index (χ4v) is 4.58. The molecule has 1 nitrogen and oxygen atoms in total. The number of rotatable bonds is 3. The van der Waals surface area contributed by atoms with Gasteiger partial charge in [-0.15, -0.1) is 11.3 Å². The van der Waals surface area contributed by atoms with Crippen LogP contribution in [0.25, 0.3) is 0 Å². The topological polar surface area (TPSA) is 12.0 Å². The molecule has 1 heterocycles. The van der Waals surface area contributed by atoms with Gasteiger partial charge in [-0.05, 0) is 50.2 Å². The maximum Gasteiger partial charge on any atom is 0.0302 e. The highest BCUT2D eigenvalue weighted by Crippen LogP contribution is 2.29. The van der Waals surface area contributed by atoms with Crippen LogP contribution in [0.5, 0.6) is 0 Å². The van der Waals surface area contributed by atoms with Crippen molar-refractivity contribution in [1.29, 1.82) is 0 Å². The Morgan fingerprint density at radius 3 is 2.67 bits per heavy atom. The van der Waals surface area contributed by atoms with Crippen molar-refractivity contribution in [2.45, 2.75) is 76.8 Å². The summed E-state index contributed by atoms with van der Waals surface area (Å²) >= 11 is 2.07. The Morgan fingerprint density at radius 1 is 1.00 bits per heavy atom. The third kappa shape index (κ3) is 3.16. The summed E-state index contributed by atoms with van der Waals surface area (Å²) < 4.78 is 0. The van der Waals surface area contributed by atoms with Crippen LogP contribution >= 0.6 is 11.3 Å². The van der Waals surface area contributed by atoms with E-state index in [4.69, 9.17) is 0 Å². The van der Waals surface area contributed by atoms with Crippen LogP contribution in [0.15, 0.2) is 6.07 Å². The molecule has 0 amide bonds. The summed E-state index contributed by atoms with van der Waals surface area (Å²) in [5.41, 5.74) is 1.66. The van der Waals surface area contributed by atoms with E-state index in [9.17, 15) is 0 Å². The Morgan fingerprint density at radius 2 is 1.78 bits per heavy atom. The highest BCUT2D eigenvalue weighted by atomic mass is 32.1. The molecule has 0 unspecified atom stereocenters. The monoisotopic (exact) mass is 263 g/mol. The molecule has 3 rings (SSSR count). The van der Waals surface area contributed by atoms with Gasteiger partial charge in [0.05, 0.1) is 0 Å². The van der Waals surface area contributed by atoms with Crippen molar-refractivity contribution in [1.82, 2.24) is 5.32 Å². The van der Waals surface area contributed by atoms with Crippen molar-refractivity contribution < 1.29 is 0 Å². The summed E-state index contributed by atoms with van der Waals surface area (Å²) in [5, 5.41) is 3.77. The third-order valence-corrected chi connectivity index (χ3v) is 5.70. The first-order valence-corrected chi connectivity index (χ1v) is 8.57. The number of aryl methyl sites for hydroxylation is 2. The smallest absolute Gasteiger partial charge is 0.0302 e. The van der Waals surface area contributed by atoms with Gasteiger partial charge in [-0.25, -0.2) is 0 Å². The van der Waals surface area contributed by atoms with Crippen molar-refractivity contribution in [3.05, 3.63) is 21.4 Å². The molecule has 0 bridgehead atoms. The van der Waals surface area contributed by atoms with E-state index >= 15 is 0 Å². The molecule has 1 aromatic rings. The molecule has 0 aromatic carbocycles. The summed E-state index contributed by atoms with van der Waals surface area (Å²) in [4.78, 5) is 3.26. The van der Waals surface area contributed by atoms with Gasteiger partial charge >= 0.3 is 0 Å². The Kier molecular flexibility index (Phi) is 4.37. The molecule has 1 N–H and O–H groups in total. The van der Waals surface area contributed by atoms with Crippen LogP contribution in [0.3, 0.4) is 0 Å². The molecular weight excluding hydrogens is 238 g/mol. The summed E-state index contributed by atoms with van der Waals surface area (Å²) in [6, 6.07) is 3.28. The molecule has 0 aliphatic heterocycles. The molecule has 2 aliphatic carbocycles. The Labute approximate surface area is 115 Å². The van der Waals surface area contributed by atoms with Crippen LogP contribution in [-0.2, 0) is 19.4 Å². The van der Waals surface area contributed by atoms with Gasteiger partial charge in [0.2, 0.25) is 0 Å². The minimum atomic E-state index is 0.792. The van der Waals surface area contributed by atoms with E-state index in [-0.39, 0.29) is 0 Å². The second-order valence-corrected chi connectivity index (χ2v) is 7.16. The standard InChI is InChI=1S/C16H25NS/c1-3-7-13-11-15(18-16(13)10-6-1)12-17-14-8-4-2-5-9-14/h11,14,17H,1-10,12H2. The van der Waals surface area contributed by atoms with Gasteiger partial charge in [-0.1, -0.05) is 25.7 Å². The number of hydrogen-bond acceptors (Lipinski definition) is 2. The lowest BCUT2D eigenvalue weighted by Gasteiger charge is -2.22. The maximum absolute atomic E-state index is 3.77. The normalized spacial score (nSPS) is 21.6. The molecule has 2 heteroatoms. The SMILES string of the molecule is c1c(CNC2CCCCC2)sc2c1CCCCC2. The predicted octanol–water partition coefficient (Wildman–Crippen LogP) is 4.44. The van der Waals surface area contributed by atoms with Crippen LogP contribution < -0.4 is 5.32 Å².